The zero-order chi connectivity index (χ0) is 23.9. The third kappa shape index (κ3) is 4.20. The Bertz CT molecular complexity index is 1070. The molecule has 0 aliphatic heterocycles. The molecular formula is C30H35BNOP. The standard InChI is InChI=1S/C30H35BNOP/c1-3-32(23-24-33)27-21-19-26(20-22-27)25-34(31-2,28-13-7-4-8-14-28,29-15-9-5-10-16-29)30-17-11-6-12-18-30/h4-22,31,33H,3,23-25H2,1-2H3. The van der Waals surface area contributed by atoms with E-state index in [9.17, 15) is 5.11 Å². The number of nitrogens with zero attached hydrogens (tertiary/aromatic N) is 1. The summed E-state index contributed by atoms with van der Waals surface area (Å²) in [6.45, 7) is 4.43. The molecule has 0 bridgehead atoms. The zero-order valence-corrected chi connectivity index (χ0v) is 21.2. The summed E-state index contributed by atoms with van der Waals surface area (Å²) in [7, 11) is 0. The van der Waals surface area contributed by atoms with Crippen molar-refractivity contribution in [3.8, 4) is 0 Å². The van der Waals surface area contributed by atoms with Crippen LogP contribution in [0.2, 0.25) is 6.82 Å². The van der Waals surface area contributed by atoms with Gasteiger partial charge in [0.1, 0.15) is 0 Å². The van der Waals surface area contributed by atoms with E-state index in [1.807, 2.05) is 0 Å². The number of rotatable bonds is 10. The van der Waals surface area contributed by atoms with E-state index >= 15 is 0 Å². The molecule has 0 fully saturated rings. The van der Waals surface area contributed by atoms with Crippen LogP contribution < -0.4 is 20.8 Å². The van der Waals surface area contributed by atoms with E-state index in [4.69, 9.17) is 0 Å². The molecule has 0 saturated heterocycles. The van der Waals surface area contributed by atoms with Crippen molar-refractivity contribution >= 4 is 35.1 Å². The molecule has 0 aromatic heterocycles. The molecule has 34 heavy (non-hydrogen) atoms. The number of hydrogen-bond donors (Lipinski definition) is 1. The maximum absolute atomic E-state index is 9.44. The molecule has 4 heteroatoms. The van der Waals surface area contributed by atoms with E-state index < -0.39 is 6.48 Å². The van der Waals surface area contributed by atoms with E-state index in [0.29, 0.717) is 6.54 Å². The van der Waals surface area contributed by atoms with Gasteiger partial charge < -0.3 is 0 Å². The van der Waals surface area contributed by atoms with Crippen molar-refractivity contribution in [2.45, 2.75) is 19.9 Å². The quantitative estimate of drug-likeness (QED) is 0.264. The minimum atomic E-state index is -2.83. The summed E-state index contributed by atoms with van der Waals surface area (Å²) >= 11 is 0. The summed E-state index contributed by atoms with van der Waals surface area (Å²) in [6.07, 6.45) is 0.979. The monoisotopic (exact) mass is 467 g/mol. The third-order valence-electron chi connectivity index (χ3n) is 7.42. The first-order valence-electron chi connectivity index (χ1n) is 12.3. The van der Waals surface area contributed by atoms with Gasteiger partial charge in [0.15, 0.2) is 0 Å². The van der Waals surface area contributed by atoms with Crippen molar-refractivity contribution in [1.82, 2.24) is 0 Å². The van der Waals surface area contributed by atoms with Crippen LogP contribution in [0.25, 0.3) is 0 Å². The SMILES string of the molecule is CBP(Cc1ccc(N(CC)CCO)cc1)(c1ccccc1)(c1ccccc1)c1ccccc1. The molecule has 0 amide bonds. The second kappa shape index (κ2) is 10.6. The normalized spacial score (nSPS) is 12.5. The fourth-order valence-electron chi connectivity index (χ4n) is 5.55. The molecule has 0 aliphatic carbocycles. The molecule has 0 saturated carbocycles. The first-order chi connectivity index (χ1) is 16.7. The van der Waals surface area contributed by atoms with Gasteiger partial charge in [-0.15, -0.1) is 0 Å². The molecule has 0 aliphatic rings. The predicted molar refractivity (Wildman–Crippen MR) is 153 cm³/mol. The third-order valence-corrected chi connectivity index (χ3v) is 14.5. The second-order valence-corrected chi connectivity index (χ2v) is 14.5. The molecule has 0 spiro atoms. The Balaban J connectivity index is 1.95. The van der Waals surface area contributed by atoms with Crippen LogP contribution in [0.5, 0.6) is 0 Å². The van der Waals surface area contributed by atoms with Crippen molar-refractivity contribution in [2.75, 3.05) is 24.6 Å². The van der Waals surface area contributed by atoms with Crippen molar-refractivity contribution in [2.24, 2.45) is 0 Å². The van der Waals surface area contributed by atoms with E-state index in [2.05, 4.69) is 134 Å². The summed E-state index contributed by atoms with van der Waals surface area (Å²) in [5.74, 6) is 0. The van der Waals surface area contributed by atoms with Crippen molar-refractivity contribution in [3.63, 3.8) is 0 Å². The number of hydrogen-bond acceptors (Lipinski definition) is 2. The topological polar surface area (TPSA) is 23.5 Å². The number of benzene rings is 4. The maximum atomic E-state index is 9.44. The van der Waals surface area contributed by atoms with Crippen molar-refractivity contribution in [1.29, 1.82) is 0 Å². The van der Waals surface area contributed by atoms with E-state index in [1.165, 1.54) is 21.5 Å². The first-order valence-corrected chi connectivity index (χ1v) is 14.9. The number of aliphatic hydroxyl groups is 1. The summed E-state index contributed by atoms with van der Waals surface area (Å²) < 4.78 is 0. The van der Waals surface area contributed by atoms with Gasteiger partial charge in [-0.2, -0.15) is 0 Å². The van der Waals surface area contributed by atoms with Crippen LogP contribution in [0.15, 0.2) is 115 Å². The fourth-order valence-corrected chi connectivity index (χ4v) is 12.0. The molecule has 0 radical (unpaired) electrons. The van der Waals surface area contributed by atoms with Gasteiger partial charge in [-0.25, -0.2) is 0 Å². The Morgan fingerprint density at radius 3 is 1.47 bits per heavy atom. The minimum absolute atomic E-state index is 0.165. The van der Waals surface area contributed by atoms with Crippen LogP contribution in [0.3, 0.4) is 0 Å². The Hall–Kier alpha value is -2.87. The molecule has 2 nitrogen and oxygen atoms in total. The first kappa shape index (κ1) is 24.3. The van der Waals surface area contributed by atoms with Gasteiger partial charge in [-0.1, -0.05) is 0 Å². The molecule has 0 atom stereocenters. The average molecular weight is 467 g/mol. The summed E-state index contributed by atoms with van der Waals surface area (Å²) in [5.41, 5.74) is 2.51. The zero-order valence-electron chi connectivity index (χ0n) is 20.3. The Kier molecular flexibility index (Phi) is 7.56. The molecule has 4 aromatic carbocycles. The van der Waals surface area contributed by atoms with Gasteiger partial charge in [0, 0.05) is 0 Å². The predicted octanol–water partition coefficient (Wildman–Crippen LogP) is 4.93. The second-order valence-electron chi connectivity index (χ2n) is 8.96. The Morgan fingerprint density at radius 2 is 1.12 bits per heavy atom. The van der Waals surface area contributed by atoms with Crippen molar-refractivity contribution in [3.05, 3.63) is 121 Å². The van der Waals surface area contributed by atoms with Gasteiger partial charge in [-0.3, -0.25) is 0 Å². The summed E-state index contributed by atoms with van der Waals surface area (Å²) in [6, 6.07) is 42.6. The Labute approximate surface area is 205 Å². The van der Waals surface area contributed by atoms with Gasteiger partial charge in [-0.05, 0) is 0 Å². The number of likely N-dealkylation sites (N-methyl/N-ethyl adjacent to an activating group) is 1. The van der Waals surface area contributed by atoms with Crippen LogP contribution in [-0.4, -0.2) is 31.8 Å². The van der Waals surface area contributed by atoms with E-state index in [0.717, 1.165) is 25.4 Å². The number of aliphatic hydroxyl groups excluding tert-OH is 1. The van der Waals surface area contributed by atoms with E-state index in [-0.39, 0.29) is 6.61 Å². The molecule has 0 heterocycles. The van der Waals surface area contributed by atoms with Crippen LogP contribution in [0.4, 0.5) is 5.69 Å². The van der Waals surface area contributed by atoms with Gasteiger partial charge in [0.25, 0.3) is 0 Å². The van der Waals surface area contributed by atoms with E-state index in [1.54, 1.807) is 0 Å². The fraction of sp³-hybridized carbons (Fsp3) is 0.200. The molecule has 0 unspecified atom stereocenters. The van der Waals surface area contributed by atoms with Crippen LogP contribution in [0, 0.1) is 0 Å². The molecule has 4 aromatic rings. The summed E-state index contributed by atoms with van der Waals surface area (Å²) in [4.78, 5) is 2.22. The average Bonchev–Trinajstić information content (AvgIpc) is 2.92. The van der Waals surface area contributed by atoms with Gasteiger partial charge in [0.05, 0.1) is 0 Å². The summed E-state index contributed by atoms with van der Waals surface area (Å²) in [5, 5.41) is 13.8. The van der Waals surface area contributed by atoms with Gasteiger partial charge >= 0.3 is 206 Å². The van der Waals surface area contributed by atoms with Crippen LogP contribution >= 0.6 is 6.48 Å². The van der Waals surface area contributed by atoms with Gasteiger partial charge in [0.2, 0.25) is 0 Å². The molecular weight excluding hydrogens is 432 g/mol. The van der Waals surface area contributed by atoms with Crippen molar-refractivity contribution < 1.29 is 5.11 Å². The Morgan fingerprint density at radius 1 is 0.676 bits per heavy atom. The molecule has 4 rings (SSSR count). The number of anilines is 1. The molecule has 174 valence electrons. The molecule has 1 N–H and O–H groups in total. The van der Waals surface area contributed by atoms with Crippen LogP contribution in [-0.2, 0) is 6.16 Å². The van der Waals surface area contributed by atoms with Crippen LogP contribution in [0.1, 0.15) is 12.5 Å².